The first-order valence-electron chi connectivity index (χ1n) is 12.1. The van der Waals surface area contributed by atoms with Crippen LogP contribution in [0.3, 0.4) is 0 Å². The van der Waals surface area contributed by atoms with Crippen molar-refractivity contribution in [3.05, 3.63) is 76.2 Å². The molecule has 1 N–H and O–H groups in total. The lowest BCUT2D eigenvalue weighted by Gasteiger charge is -2.14. The Labute approximate surface area is 202 Å². The molecule has 35 heavy (non-hydrogen) atoms. The third kappa shape index (κ3) is 3.86. The number of hydrogen-bond donors (Lipinski definition) is 1. The molecule has 2 aliphatic rings. The predicted molar refractivity (Wildman–Crippen MR) is 132 cm³/mol. The molecule has 1 saturated carbocycles. The van der Waals surface area contributed by atoms with Gasteiger partial charge in [-0.15, -0.1) is 0 Å². The van der Waals surface area contributed by atoms with Gasteiger partial charge in [0.15, 0.2) is 11.3 Å². The summed E-state index contributed by atoms with van der Waals surface area (Å²) >= 11 is 0. The van der Waals surface area contributed by atoms with Crippen LogP contribution >= 0.6 is 0 Å². The number of anilines is 1. The highest BCUT2D eigenvalue weighted by Crippen LogP contribution is 2.34. The van der Waals surface area contributed by atoms with Crippen LogP contribution in [0, 0.1) is 0 Å². The van der Waals surface area contributed by atoms with Crippen LogP contribution in [-0.4, -0.2) is 34.8 Å². The van der Waals surface area contributed by atoms with Gasteiger partial charge in [-0.1, -0.05) is 6.07 Å². The van der Waals surface area contributed by atoms with Gasteiger partial charge in [-0.25, -0.2) is 9.97 Å². The minimum Gasteiger partial charge on any atom is -0.327 e. The average Bonchev–Trinajstić information content (AvgIpc) is 3.25. The predicted octanol–water partition coefficient (Wildman–Crippen LogP) is 3.95. The third-order valence-electron chi connectivity index (χ3n) is 6.73. The molecule has 4 heterocycles. The molecule has 1 amide bonds. The summed E-state index contributed by atoms with van der Waals surface area (Å²) in [7, 11) is 0. The van der Waals surface area contributed by atoms with Crippen molar-refractivity contribution in [2.45, 2.75) is 58.0 Å². The number of hydrogen-bond acceptors (Lipinski definition) is 5. The zero-order valence-corrected chi connectivity index (χ0v) is 19.8. The van der Waals surface area contributed by atoms with Crippen molar-refractivity contribution in [3.8, 4) is 17.2 Å². The van der Waals surface area contributed by atoms with Crippen LogP contribution in [0.1, 0.15) is 66.8 Å². The largest absolute Gasteiger partial charge is 0.327 e. The van der Waals surface area contributed by atoms with Gasteiger partial charge in [0, 0.05) is 42.1 Å². The van der Waals surface area contributed by atoms with Crippen LogP contribution in [-0.2, 0) is 12.8 Å². The lowest BCUT2D eigenvalue weighted by atomic mass is 10.1. The fraction of sp³-hybridized carbons (Fsp3) is 0.346. The highest BCUT2D eigenvalue weighted by atomic mass is 16.2. The molecule has 0 spiro atoms. The first-order valence-corrected chi connectivity index (χ1v) is 12.1. The van der Waals surface area contributed by atoms with Crippen molar-refractivity contribution >= 4 is 11.7 Å². The second-order valence-corrected chi connectivity index (χ2v) is 9.54. The van der Waals surface area contributed by atoms with Crippen LogP contribution in [0.15, 0.2) is 54.0 Å². The van der Waals surface area contributed by atoms with Crippen molar-refractivity contribution in [2.75, 3.05) is 5.32 Å². The van der Waals surface area contributed by atoms with Gasteiger partial charge in [-0.3, -0.25) is 14.3 Å². The molecule has 4 aromatic rings. The topological polar surface area (TPSA) is 99.6 Å². The molecule has 0 unspecified atom stereocenters. The average molecular weight is 470 g/mol. The highest BCUT2D eigenvalue weighted by molar-refractivity contribution is 6.03. The highest BCUT2D eigenvalue weighted by Gasteiger charge is 2.27. The number of aromatic nitrogens is 6. The fourth-order valence-corrected chi connectivity index (χ4v) is 4.79. The van der Waals surface area contributed by atoms with Crippen LogP contribution in [0.25, 0.3) is 17.2 Å². The van der Waals surface area contributed by atoms with E-state index in [1.54, 1.807) is 18.5 Å². The maximum absolute atomic E-state index is 13.3. The number of amides is 1. The van der Waals surface area contributed by atoms with Crippen molar-refractivity contribution in [1.29, 1.82) is 0 Å². The minimum atomic E-state index is -0.468. The molecular formula is C26H27N7O2. The van der Waals surface area contributed by atoms with Gasteiger partial charge < -0.3 is 14.5 Å². The molecule has 0 saturated heterocycles. The Balaban J connectivity index is 1.34. The van der Waals surface area contributed by atoms with Gasteiger partial charge in [-0.2, -0.15) is 5.10 Å². The first kappa shape index (κ1) is 21.5. The molecule has 0 aromatic carbocycles. The maximum Gasteiger partial charge on any atom is 0.262 e. The van der Waals surface area contributed by atoms with Gasteiger partial charge in [0.2, 0.25) is 0 Å². The molecule has 1 fully saturated rings. The Hall–Kier alpha value is -4.01. The molecule has 6 rings (SSSR count). The first-order chi connectivity index (χ1) is 17.0. The summed E-state index contributed by atoms with van der Waals surface area (Å²) < 4.78 is 5.97. The SMILES string of the molecule is CC(C)n1ccnc1-c1cccc(NC(=O)c2cn(-c3cnn(C4CC4)c3)c3c(c2=O)CCC3)n1. The van der Waals surface area contributed by atoms with Gasteiger partial charge >= 0.3 is 0 Å². The van der Waals surface area contributed by atoms with Crippen LogP contribution in [0.5, 0.6) is 0 Å². The molecule has 0 radical (unpaired) electrons. The van der Waals surface area contributed by atoms with Crippen molar-refractivity contribution in [2.24, 2.45) is 0 Å². The zero-order chi connectivity index (χ0) is 24.1. The van der Waals surface area contributed by atoms with Crippen LogP contribution < -0.4 is 10.7 Å². The molecule has 178 valence electrons. The number of nitrogens with zero attached hydrogens (tertiary/aromatic N) is 6. The summed E-state index contributed by atoms with van der Waals surface area (Å²) in [6.45, 7) is 4.15. The van der Waals surface area contributed by atoms with E-state index in [1.165, 1.54) is 0 Å². The second kappa shape index (κ2) is 8.33. The molecular weight excluding hydrogens is 442 g/mol. The monoisotopic (exact) mass is 469 g/mol. The van der Waals surface area contributed by atoms with E-state index < -0.39 is 5.91 Å². The van der Waals surface area contributed by atoms with E-state index in [9.17, 15) is 9.59 Å². The smallest absolute Gasteiger partial charge is 0.262 e. The molecule has 2 aliphatic carbocycles. The van der Waals surface area contributed by atoms with E-state index >= 15 is 0 Å². The Morgan fingerprint density at radius 2 is 2.03 bits per heavy atom. The molecule has 0 bridgehead atoms. The van der Waals surface area contributed by atoms with Crippen LogP contribution in [0.2, 0.25) is 0 Å². The van der Waals surface area contributed by atoms with Crippen molar-refractivity contribution in [1.82, 2.24) is 28.9 Å². The Kier molecular flexibility index (Phi) is 5.12. The molecule has 0 atom stereocenters. The summed E-state index contributed by atoms with van der Waals surface area (Å²) in [5, 5.41) is 7.33. The van der Waals surface area contributed by atoms with E-state index in [1.807, 2.05) is 44.5 Å². The summed E-state index contributed by atoms with van der Waals surface area (Å²) in [6, 6.07) is 6.09. The fourth-order valence-electron chi connectivity index (χ4n) is 4.79. The van der Waals surface area contributed by atoms with E-state index in [2.05, 4.69) is 34.2 Å². The maximum atomic E-state index is 13.3. The van der Waals surface area contributed by atoms with Gasteiger partial charge in [0.1, 0.15) is 17.1 Å². The molecule has 9 heteroatoms. The Bertz CT molecular complexity index is 1490. The lowest BCUT2D eigenvalue weighted by molar-refractivity contribution is 0.102. The van der Waals surface area contributed by atoms with Crippen molar-refractivity contribution < 1.29 is 4.79 Å². The summed E-state index contributed by atoms with van der Waals surface area (Å²) in [6.07, 6.45) is 13.8. The lowest BCUT2D eigenvalue weighted by Crippen LogP contribution is -2.26. The number of pyridine rings is 2. The molecule has 4 aromatic heterocycles. The standard InChI is InChI=1S/C26H27N7O2/c1-16(2)31-12-11-27-25(31)21-6-4-8-23(29-21)30-26(35)20-15-32(22-7-3-5-19(22)24(20)34)18-13-28-33(14-18)17-9-10-17/h4,6,8,11-17H,3,5,7,9-10H2,1-2H3,(H,29,30,35). The van der Waals surface area contributed by atoms with Gasteiger partial charge in [0.05, 0.1) is 17.9 Å². The minimum absolute atomic E-state index is 0.112. The third-order valence-corrected chi connectivity index (χ3v) is 6.73. The van der Waals surface area contributed by atoms with E-state index in [-0.39, 0.29) is 17.0 Å². The van der Waals surface area contributed by atoms with E-state index in [4.69, 9.17) is 0 Å². The summed E-state index contributed by atoms with van der Waals surface area (Å²) in [5.41, 5.74) is 3.14. The number of imidazole rings is 1. The normalized spacial score (nSPS) is 14.9. The molecule has 0 aliphatic heterocycles. The van der Waals surface area contributed by atoms with Crippen LogP contribution in [0.4, 0.5) is 5.82 Å². The van der Waals surface area contributed by atoms with Gasteiger partial charge in [0.25, 0.3) is 5.91 Å². The van der Waals surface area contributed by atoms with E-state index in [0.29, 0.717) is 24.0 Å². The Morgan fingerprint density at radius 1 is 1.17 bits per heavy atom. The summed E-state index contributed by atoms with van der Waals surface area (Å²) in [5.74, 6) is 0.632. The Morgan fingerprint density at radius 3 is 2.83 bits per heavy atom. The number of carbonyl (C=O) groups is 1. The number of fused-ring (bicyclic) bond motifs is 1. The zero-order valence-electron chi connectivity index (χ0n) is 19.8. The number of carbonyl (C=O) groups excluding carboxylic acids is 1. The second-order valence-electron chi connectivity index (χ2n) is 9.54. The number of rotatable bonds is 6. The van der Waals surface area contributed by atoms with Crippen molar-refractivity contribution in [3.63, 3.8) is 0 Å². The molecule has 9 nitrogen and oxygen atoms in total. The number of nitrogens with one attached hydrogen (secondary N) is 1. The van der Waals surface area contributed by atoms with Gasteiger partial charge in [-0.05, 0) is 58.1 Å². The van der Waals surface area contributed by atoms with E-state index in [0.717, 1.165) is 48.5 Å². The quantitative estimate of drug-likeness (QED) is 0.461. The summed E-state index contributed by atoms with van der Waals surface area (Å²) in [4.78, 5) is 35.6.